The Labute approximate surface area is 160 Å². The van der Waals surface area contributed by atoms with E-state index in [1.807, 2.05) is 55.6 Å². The molecule has 0 radical (unpaired) electrons. The Balaban J connectivity index is 1.74. The molecule has 1 aliphatic heterocycles. The van der Waals surface area contributed by atoms with Gasteiger partial charge in [-0.25, -0.2) is 10.4 Å². The predicted octanol–water partition coefficient (Wildman–Crippen LogP) is 2.36. The molecule has 28 heavy (non-hydrogen) atoms. The monoisotopic (exact) mass is 373 g/mol. The van der Waals surface area contributed by atoms with Crippen molar-refractivity contribution < 1.29 is 4.79 Å². The van der Waals surface area contributed by atoms with Gasteiger partial charge in [-0.05, 0) is 23.8 Å². The molecule has 1 fully saturated rings. The molecule has 2 atom stereocenters. The fourth-order valence-corrected chi connectivity index (χ4v) is 4.05. The summed E-state index contributed by atoms with van der Waals surface area (Å²) in [5.41, 5.74) is 8.14. The lowest BCUT2D eigenvalue weighted by atomic mass is 9.99. The summed E-state index contributed by atoms with van der Waals surface area (Å²) >= 11 is 0. The van der Waals surface area contributed by atoms with Gasteiger partial charge in [-0.1, -0.05) is 37.3 Å². The zero-order valence-electron chi connectivity index (χ0n) is 15.3. The van der Waals surface area contributed by atoms with E-state index in [-0.39, 0.29) is 11.5 Å². The van der Waals surface area contributed by atoms with Gasteiger partial charge >= 0.3 is 0 Å². The van der Waals surface area contributed by atoms with Crippen LogP contribution in [0.1, 0.15) is 30.4 Å². The quantitative estimate of drug-likeness (QED) is 0.514. The van der Waals surface area contributed by atoms with Gasteiger partial charge in [-0.15, -0.1) is 0 Å². The van der Waals surface area contributed by atoms with Gasteiger partial charge in [0.05, 0.1) is 16.9 Å². The summed E-state index contributed by atoms with van der Waals surface area (Å²) in [5.74, 6) is 0.349. The Bertz CT molecular complexity index is 1270. The van der Waals surface area contributed by atoms with Crippen LogP contribution >= 0.6 is 0 Å². The zero-order chi connectivity index (χ0) is 19.3. The maximum Gasteiger partial charge on any atom is 0.262 e. The summed E-state index contributed by atoms with van der Waals surface area (Å²) in [4.78, 5) is 34.0. The van der Waals surface area contributed by atoms with E-state index in [1.54, 1.807) is 10.6 Å². The summed E-state index contributed by atoms with van der Waals surface area (Å²) in [6.07, 6.45) is 2.44. The molecule has 1 amide bonds. The molecule has 0 aliphatic carbocycles. The van der Waals surface area contributed by atoms with Crippen LogP contribution in [0.5, 0.6) is 0 Å². The van der Waals surface area contributed by atoms with Gasteiger partial charge in [0, 0.05) is 23.5 Å². The second-order valence-corrected chi connectivity index (χ2v) is 6.92. The number of hydrogen-bond donors (Lipinski definition) is 3. The fraction of sp³-hybridized carbons (Fsp3) is 0.190. The molecule has 140 valence electrons. The number of aryl methyl sites for hydroxylation is 1. The molecular formula is C21H19N5O2. The number of aromatic amines is 1. The van der Waals surface area contributed by atoms with Crippen LogP contribution in [0.15, 0.2) is 59.5 Å². The molecule has 5 rings (SSSR count). The molecule has 7 nitrogen and oxygen atoms in total. The normalized spacial score (nSPS) is 19.4. The van der Waals surface area contributed by atoms with Crippen molar-refractivity contribution >= 4 is 27.7 Å². The van der Waals surface area contributed by atoms with E-state index < -0.39 is 12.1 Å². The van der Waals surface area contributed by atoms with Crippen molar-refractivity contribution in [2.24, 2.45) is 0 Å². The zero-order valence-corrected chi connectivity index (χ0v) is 15.3. The molecule has 0 saturated carbocycles. The second kappa shape index (κ2) is 6.31. The summed E-state index contributed by atoms with van der Waals surface area (Å²) in [7, 11) is 0. The molecule has 1 saturated heterocycles. The van der Waals surface area contributed by atoms with Gasteiger partial charge in [0.25, 0.3) is 11.5 Å². The number of fused-ring (bicyclic) bond motifs is 2. The second-order valence-electron chi connectivity index (χ2n) is 6.92. The van der Waals surface area contributed by atoms with Crippen molar-refractivity contribution in [1.29, 1.82) is 0 Å². The first kappa shape index (κ1) is 16.7. The van der Waals surface area contributed by atoms with E-state index in [2.05, 4.69) is 20.8 Å². The van der Waals surface area contributed by atoms with Crippen LogP contribution < -0.4 is 16.4 Å². The lowest BCUT2D eigenvalue weighted by Crippen LogP contribution is -2.35. The van der Waals surface area contributed by atoms with Crippen LogP contribution in [-0.2, 0) is 11.2 Å². The Hall–Kier alpha value is -3.45. The van der Waals surface area contributed by atoms with Crippen molar-refractivity contribution in [3.8, 4) is 0 Å². The lowest BCUT2D eigenvalue weighted by molar-refractivity contribution is -0.122. The minimum atomic E-state index is -0.723. The van der Waals surface area contributed by atoms with Crippen molar-refractivity contribution in [3.63, 3.8) is 0 Å². The molecule has 3 heterocycles. The highest BCUT2D eigenvalue weighted by Crippen LogP contribution is 2.34. The maximum atomic E-state index is 13.3. The van der Waals surface area contributed by atoms with Crippen molar-refractivity contribution in [2.75, 3.05) is 0 Å². The van der Waals surface area contributed by atoms with Gasteiger partial charge < -0.3 is 4.98 Å². The van der Waals surface area contributed by atoms with Gasteiger partial charge in [0.2, 0.25) is 0 Å². The SMILES string of the molecule is CCc1nc2ccccc2c(=O)n1C1C(=O)NNC1c1c[nH]c2ccccc12. The molecule has 0 spiro atoms. The number of aromatic nitrogens is 3. The fourth-order valence-electron chi connectivity index (χ4n) is 4.05. The third-order valence-electron chi connectivity index (χ3n) is 5.37. The number of carbonyl (C=O) groups excluding carboxylic acids is 1. The lowest BCUT2D eigenvalue weighted by Gasteiger charge is -2.22. The number of nitrogens with one attached hydrogen (secondary N) is 3. The predicted molar refractivity (Wildman–Crippen MR) is 107 cm³/mol. The molecule has 2 unspecified atom stereocenters. The average Bonchev–Trinajstić information content (AvgIpc) is 3.31. The van der Waals surface area contributed by atoms with Crippen LogP contribution in [0.25, 0.3) is 21.8 Å². The number of benzene rings is 2. The largest absolute Gasteiger partial charge is 0.361 e. The topological polar surface area (TPSA) is 91.8 Å². The van der Waals surface area contributed by atoms with E-state index >= 15 is 0 Å². The summed E-state index contributed by atoms with van der Waals surface area (Å²) in [5, 5.41) is 1.53. The van der Waals surface area contributed by atoms with Crippen LogP contribution in [0.4, 0.5) is 0 Å². The summed E-state index contributed by atoms with van der Waals surface area (Å²) in [6, 6.07) is 14.0. The number of nitrogens with zero attached hydrogens (tertiary/aromatic N) is 2. The molecule has 0 bridgehead atoms. The minimum absolute atomic E-state index is 0.198. The van der Waals surface area contributed by atoms with Gasteiger partial charge in [0.1, 0.15) is 11.9 Å². The molecule has 3 N–H and O–H groups in total. The summed E-state index contributed by atoms with van der Waals surface area (Å²) in [6.45, 7) is 1.94. The number of hydrogen-bond acceptors (Lipinski definition) is 4. The number of H-pyrrole nitrogens is 1. The highest BCUT2D eigenvalue weighted by Gasteiger charge is 2.40. The number of carbonyl (C=O) groups is 1. The first-order valence-corrected chi connectivity index (χ1v) is 9.30. The average molecular weight is 373 g/mol. The number of amides is 1. The van der Waals surface area contributed by atoms with Crippen LogP contribution in [0, 0.1) is 0 Å². The standard InChI is InChI=1S/C21H19N5O2/c1-2-17-23-16-10-6-4-8-13(16)21(28)26(17)19-18(24-25-20(19)27)14-11-22-15-9-5-3-7-12(14)15/h3-11,18-19,22,24H,2H2,1H3,(H,25,27). The first-order valence-electron chi connectivity index (χ1n) is 9.30. The van der Waals surface area contributed by atoms with E-state index in [0.29, 0.717) is 23.1 Å². The van der Waals surface area contributed by atoms with E-state index in [1.165, 1.54) is 0 Å². The van der Waals surface area contributed by atoms with Crippen molar-refractivity contribution in [3.05, 3.63) is 76.5 Å². The highest BCUT2D eigenvalue weighted by atomic mass is 16.2. The van der Waals surface area contributed by atoms with Gasteiger partial charge in [-0.3, -0.25) is 19.6 Å². The molecule has 2 aromatic carbocycles. The number of hydrazine groups is 1. The molecular weight excluding hydrogens is 354 g/mol. The maximum absolute atomic E-state index is 13.3. The first-order chi connectivity index (χ1) is 13.7. The molecule has 7 heteroatoms. The Kier molecular flexibility index (Phi) is 3.77. The van der Waals surface area contributed by atoms with Crippen LogP contribution in [0.3, 0.4) is 0 Å². The third-order valence-corrected chi connectivity index (χ3v) is 5.37. The van der Waals surface area contributed by atoms with E-state index in [9.17, 15) is 9.59 Å². The smallest absolute Gasteiger partial charge is 0.262 e. The van der Waals surface area contributed by atoms with Gasteiger partial charge in [-0.2, -0.15) is 0 Å². The Morgan fingerprint density at radius 3 is 2.61 bits per heavy atom. The minimum Gasteiger partial charge on any atom is -0.361 e. The highest BCUT2D eigenvalue weighted by molar-refractivity contribution is 5.88. The van der Waals surface area contributed by atoms with E-state index in [4.69, 9.17) is 0 Å². The number of rotatable bonds is 3. The van der Waals surface area contributed by atoms with Gasteiger partial charge in [0.15, 0.2) is 0 Å². The Morgan fingerprint density at radius 2 is 1.79 bits per heavy atom. The van der Waals surface area contributed by atoms with E-state index in [0.717, 1.165) is 16.5 Å². The molecule has 1 aliphatic rings. The third kappa shape index (κ3) is 2.36. The summed E-state index contributed by atoms with van der Waals surface area (Å²) < 4.78 is 1.55. The number of para-hydroxylation sites is 2. The van der Waals surface area contributed by atoms with Crippen LogP contribution in [-0.4, -0.2) is 20.4 Å². The van der Waals surface area contributed by atoms with Crippen molar-refractivity contribution in [1.82, 2.24) is 25.4 Å². The molecule has 2 aromatic heterocycles. The molecule has 4 aromatic rings. The van der Waals surface area contributed by atoms with Crippen molar-refractivity contribution in [2.45, 2.75) is 25.4 Å². The Morgan fingerprint density at radius 1 is 1.04 bits per heavy atom. The van der Waals surface area contributed by atoms with Crippen LogP contribution in [0.2, 0.25) is 0 Å².